The van der Waals surface area contributed by atoms with Gasteiger partial charge in [-0.25, -0.2) is 4.98 Å². The average Bonchev–Trinajstić information content (AvgIpc) is 3.57. The number of methoxy groups -OCH3 is 1. The number of anilines is 1. The summed E-state index contributed by atoms with van der Waals surface area (Å²) in [6.07, 6.45) is 1.91. The second kappa shape index (κ2) is 11.8. The lowest BCUT2D eigenvalue weighted by Gasteiger charge is -2.21. The summed E-state index contributed by atoms with van der Waals surface area (Å²) < 4.78 is 7.02. The van der Waals surface area contributed by atoms with Crippen LogP contribution in [0.25, 0.3) is 16.9 Å². The number of carbonyl (C=O) groups is 2. The molecule has 0 atom stereocenters. The maximum Gasteiger partial charge on any atom is 0.264 e. The maximum absolute atomic E-state index is 13.1. The van der Waals surface area contributed by atoms with E-state index in [1.807, 2.05) is 64.7 Å². The molecule has 0 radical (unpaired) electrons. The fourth-order valence-corrected chi connectivity index (χ4v) is 4.47. The smallest absolute Gasteiger partial charge is 0.264 e. The number of imidazole rings is 1. The number of nitrogens with one attached hydrogen (secondary N) is 1. The molecule has 1 N–H and O–H groups in total. The van der Waals surface area contributed by atoms with E-state index in [0.29, 0.717) is 29.9 Å². The molecule has 2 aromatic carbocycles. The standard InChI is InChI=1S/C28H30N4O3S/c1-20(2)21-11-13-23(14-12-21)32-18-24(22-8-5-4-6-9-22)29-28(32)30-26(33)19-31(15-16-35-3)27(34)25-10-7-17-36-25/h4-14,17-18,20H,15-16,19H2,1-3H3,(H,29,30,33). The molecule has 2 amide bonds. The molecule has 2 aromatic heterocycles. The van der Waals surface area contributed by atoms with Crippen molar-refractivity contribution >= 4 is 29.1 Å². The van der Waals surface area contributed by atoms with Crippen LogP contribution in [-0.4, -0.2) is 53.1 Å². The van der Waals surface area contributed by atoms with Crippen LogP contribution < -0.4 is 5.32 Å². The van der Waals surface area contributed by atoms with Gasteiger partial charge in [-0.2, -0.15) is 0 Å². The monoisotopic (exact) mass is 502 g/mol. The van der Waals surface area contributed by atoms with E-state index in [1.165, 1.54) is 21.8 Å². The van der Waals surface area contributed by atoms with Gasteiger partial charge in [0, 0.05) is 31.1 Å². The lowest BCUT2D eigenvalue weighted by atomic mass is 10.0. The van der Waals surface area contributed by atoms with Gasteiger partial charge in [0.2, 0.25) is 11.9 Å². The van der Waals surface area contributed by atoms with E-state index < -0.39 is 0 Å². The highest BCUT2D eigenvalue weighted by molar-refractivity contribution is 7.12. The molecule has 4 aromatic rings. The SMILES string of the molecule is COCCN(CC(=O)Nc1nc(-c2ccccc2)cn1-c1ccc(C(C)C)cc1)C(=O)c1cccs1. The summed E-state index contributed by atoms with van der Waals surface area (Å²) in [7, 11) is 1.57. The summed E-state index contributed by atoms with van der Waals surface area (Å²) >= 11 is 1.35. The number of thiophene rings is 1. The maximum atomic E-state index is 13.1. The minimum Gasteiger partial charge on any atom is -0.383 e. The zero-order chi connectivity index (χ0) is 25.5. The van der Waals surface area contributed by atoms with Crippen molar-refractivity contribution < 1.29 is 14.3 Å². The minimum atomic E-state index is -0.332. The van der Waals surface area contributed by atoms with Gasteiger partial charge < -0.3 is 9.64 Å². The predicted octanol–water partition coefficient (Wildman–Crippen LogP) is 5.45. The first-order valence-electron chi connectivity index (χ1n) is 11.8. The van der Waals surface area contributed by atoms with Crippen LogP contribution in [0.15, 0.2) is 78.3 Å². The second-order valence-electron chi connectivity index (χ2n) is 8.68. The first-order valence-corrected chi connectivity index (χ1v) is 12.7. The Hall–Kier alpha value is -3.75. The molecule has 0 unspecified atom stereocenters. The molecule has 0 saturated carbocycles. The van der Waals surface area contributed by atoms with E-state index in [1.54, 1.807) is 13.2 Å². The van der Waals surface area contributed by atoms with Gasteiger partial charge in [0.15, 0.2) is 0 Å². The van der Waals surface area contributed by atoms with Gasteiger partial charge >= 0.3 is 0 Å². The van der Waals surface area contributed by atoms with Crippen LogP contribution in [0.5, 0.6) is 0 Å². The Labute approximate surface area is 215 Å². The lowest BCUT2D eigenvalue weighted by molar-refractivity contribution is -0.117. The van der Waals surface area contributed by atoms with Crippen LogP contribution in [0.2, 0.25) is 0 Å². The molecule has 8 heteroatoms. The Morgan fingerprint density at radius 1 is 1.06 bits per heavy atom. The molecule has 0 spiro atoms. The number of nitrogens with zero attached hydrogens (tertiary/aromatic N) is 3. The molecule has 0 bridgehead atoms. The Balaban J connectivity index is 1.60. The predicted molar refractivity (Wildman–Crippen MR) is 144 cm³/mol. The number of benzene rings is 2. The van der Waals surface area contributed by atoms with Gasteiger partial charge in [-0.1, -0.05) is 62.4 Å². The number of hydrogen-bond donors (Lipinski definition) is 1. The summed E-state index contributed by atoms with van der Waals surface area (Å²) in [5, 5.41) is 4.77. The van der Waals surface area contributed by atoms with Gasteiger partial charge in [-0.05, 0) is 35.1 Å². The molecular weight excluding hydrogens is 472 g/mol. The Morgan fingerprint density at radius 2 is 1.81 bits per heavy atom. The molecule has 0 aliphatic rings. The van der Waals surface area contributed by atoms with Crippen LogP contribution in [0.1, 0.15) is 35.0 Å². The number of rotatable bonds is 10. The summed E-state index contributed by atoms with van der Waals surface area (Å²) in [6, 6.07) is 21.6. The van der Waals surface area contributed by atoms with Crippen LogP contribution in [0.3, 0.4) is 0 Å². The van der Waals surface area contributed by atoms with Crippen LogP contribution in [-0.2, 0) is 9.53 Å². The van der Waals surface area contributed by atoms with Crippen LogP contribution in [0, 0.1) is 0 Å². The molecule has 36 heavy (non-hydrogen) atoms. The van der Waals surface area contributed by atoms with Crippen molar-refractivity contribution in [3.05, 3.63) is 88.7 Å². The van der Waals surface area contributed by atoms with Gasteiger partial charge in [0.25, 0.3) is 5.91 Å². The second-order valence-corrected chi connectivity index (χ2v) is 9.62. The lowest BCUT2D eigenvalue weighted by Crippen LogP contribution is -2.40. The molecule has 0 aliphatic heterocycles. The van der Waals surface area contributed by atoms with Crippen molar-refractivity contribution in [1.82, 2.24) is 14.5 Å². The Kier molecular flexibility index (Phi) is 8.30. The van der Waals surface area contributed by atoms with Crippen molar-refractivity contribution in [1.29, 1.82) is 0 Å². The fourth-order valence-electron chi connectivity index (χ4n) is 3.78. The van der Waals surface area contributed by atoms with E-state index in [-0.39, 0.29) is 18.4 Å². The highest BCUT2D eigenvalue weighted by Gasteiger charge is 2.21. The highest BCUT2D eigenvalue weighted by Crippen LogP contribution is 2.25. The summed E-state index contributed by atoms with van der Waals surface area (Å²) in [5.41, 5.74) is 3.80. The normalized spacial score (nSPS) is 11.0. The van der Waals surface area contributed by atoms with Crippen molar-refractivity contribution in [2.75, 3.05) is 32.1 Å². The first kappa shape index (κ1) is 25.3. The third-order valence-corrected chi connectivity index (χ3v) is 6.64. The minimum absolute atomic E-state index is 0.111. The van der Waals surface area contributed by atoms with Crippen molar-refractivity contribution in [2.45, 2.75) is 19.8 Å². The first-order chi connectivity index (χ1) is 17.5. The Morgan fingerprint density at radius 3 is 2.44 bits per heavy atom. The van der Waals surface area contributed by atoms with E-state index in [2.05, 4.69) is 31.3 Å². The number of amides is 2. The number of aromatic nitrogens is 2. The fraction of sp³-hybridized carbons (Fsp3) is 0.250. The molecule has 0 saturated heterocycles. The van der Waals surface area contributed by atoms with Crippen molar-refractivity contribution in [2.24, 2.45) is 0 Å². The molecule has 7 nitrogen and oxygen atoms in total. The molecule has 2 heterocycles. The Bertz CT molecular complexity index is 1280. The molecule has 186 valence electrons. The summed E-state index contributed by atoms with van der Waals surface area (Å²) in [6.45, 7) is 4.83. The molecule has 4 rings (SSSR count). The van der Waals surface area contributed by atoms with Crippen molar-refractivity contribution in [3.63, 3.8) is 0 Å². The largest absolute Gasteiger partial charge is 0.383 e. The average molecular weight is 503 g/mol. The third kappa shape index (κ3) is 6.08. The number of carbonyl (C=O) groups excluding carboxylic acids is 2. The van der Waals surface area contributed by atoms with E-state index in [4.69, 9.17) is 9.72 Å². The summed E-state index contributed by atoms with van der Waals surface area (Å²) in [5.74, 6) is 0.280. The van der Waals surface area contributed by atoms with E-state index in [9.17, 15) is 9.59 Å². The van der Waals surface area contributed by atoms with E-state index >= 15 is 0 Å². The van der Waals surface area contributed by atoms with E-state index in [0.717, 1.165) is 16.9 Å². The number of hydrogen-bond acceptors (Lipinski definition) is 5. The zero-order valence-electron chi connectivity index (χ0n) is 20.7. The van der Waals surface area contributed by atoms with Gasteiger partial charge in [-0.15, -0.1) is 11.3 Å². The zero-order valence-corrected chi connectivity index (χ0v) is 21.5. The van der Waals surface area contributed by atoms with Crippen LogP contribution >= 0.6 is 11.3 Å². The third-order valence-electron chi connectivity index (χ3n) is 5.78. The quantitative estimate of drug-likeness (QED) is 0.313. The highest BCUT2D eigenvalue weighted by atomic mass is 32.1. The number of ether oxygens (including phenoxy) is 1. The van der Waals surface area contributed by atoms with Crippen LogP contribution in [0.4, 0.5) is 5.95 Å². The topological polar surface area (TPSA) is 76.5 Å². The molecule has 0 aliphatic carbocycles. The van der Waals surface area contributed by atoms with Crippen molar-refractivity contribution in [3.8, 4) is 16.9 Å². The molecule has 0 fully saturated rings. The van der Waals surface area contributed by atoms with Gasteiger partial charge in [-0.3, -0.25) is 19.5 Å². The summed E-state index contributed by atoms with van der Waals surface area (Å²) in [4.78, 5) is 32.9. The van der Waals surface area contributed by atoms with Gasteiger partial charge in [0.1, 0.15) is 6.54 Å². The molecular formula is C28H30N4O3S. The van der Waals surface area contributed by atoms with Gasteiger partial charge in [0.05, 0.1) is 17.2 Å².